The van der Waals surface area contributed by atoms with Gasteiger partial charge in [-0.25, -0.2) is 14.9 Å². The predicted octanol–water partition coefficient (Wildman–Crippen LogP) is -1.50. The molecule has 20 heteroatoms. The molecule has 1 saturated heterocycles. The molecule has 2 aromatic rings. The SMILES string of the molecule is CON=C(C(=O)NC1C(=O)N2C(C(=O)O)=C(C=CSc3n[nH]c(=O)c(=O)n3CCNC(C)=O)CSC12)c1csc(N)n1. The highest BCUT2D eigenvalue weighted by Gasteiger charge is 2.54. The molecule has 4 heterocycles. The largest absolute Gasteiger partial charge is 0.477 e. The summed E-state index contributed by atoms with van der Waals surface area (Å²) in [6.45, 7) is 1.37. The van der Waals surface area contributed by atoms with Crippen molar-refractivity contribution in [3.8, 4) is 0 Å². The number of nitrogens with one attached hydrogen (secondary N) is 3. The zero-order chi connectivity index (χ0) is 30.6. The van der Waals surface area contributed by atoms with E-state index in [1.54, 1.807) is 0 Å². The van der Waals surface area contributed by atoms with Crippen LogP contribution >= 0.6 is 34.9 Å². The van der Waals surface area contributed by atoms with Gasteiger partial charge in [-0.05, 0) is 17.1 Å². The number of thiazole rings is 1. The summed E-state index contributed by atoms with van der Waals surface area (Å²) in [7, 11) is 1.24. The number of carboxylic acid groups (broad SMARTS) is 1. The summed E-state index contributed by atoms with van der Waals surface area (Å²) >= 11 is 3.25. The Bertz CT molecular complexity index is 1640. The van der Waals surface area contributed by atoms with Crippen molar-refractivity contribution in [2.75, 3.05) is 25.1 Å². The van der Waals surface area contributed by atoms with Crippen molar-refractivity contribution in [2.24, 2.45) is 5.16 Å². The van der Waals surface area contributed by atoms with Gasteiger partial charge in [0.15, 0.2) is 16.0 Å². The van der Waals surface area contributed by atoms with E-state index >= 15 is 0 Å². The van der Waals surface area contributed by atoms with Crippen molar-refractivity contribution < 1.29 is 29.1 Å². The highest BCUT2D eigenvalue weighted by Crippen LogP contribution is 2.41. The summed E-state index contributed by atoms with van der Waals surface area (Å²) in [5.41, 5.74) is 3.82. The van der Waals surface area contributed by atoms with E-state index in [2.05, 4.69) is 31.0 Å². The number of hydrogen-bond donors (Lipinski definition) is 5. The van der Waals surface area contributed by atoms with E-state index in [9.17, 15) is 33.9 Å². The fraction of sp³-hybridized carbons (Fsp3) is 0.318. The number of H-pyrrole nitrogens is 1. The van der Waals surface area contributed by atoms with Crippen LogP contribution in [0.2, 0.25) is 0 Å². The number of aliphatic carboxylic acids is 1. The second-order valence-electron chi connectivity index (χ2n) is 8.43. The lowest BCUT2D eigenvalue weighted by molar-refractivity contribution is -0.150. The Morgan fingerprint density at radius 3 is 2.76 bits per heavy atom. The van der Waals surface area contributed by atoms with Crippen LogP contribution in [-0.4, -0.2) is 90.0 Å². The first-order valence-corrected chi connectivity index (χ1v) is 14.7. The highest BCUT2D eigenvalue weighted by atomic mass is 32.2. The number of anilines is 1. The molecule has 4 rings (SSSR count). The van der Waals surface area contributed by atoms with Crippen LogP contribution in [-0.2, 0) is 30.6 Å². The van der Waals surface area contributed by atoms with Crippen LogP contribution in [0, 0.1) is 0 Å². The van der Waals surface area contributed by atoms with Gasteiger partial charge < -0.3 is 26.3 Å². The first-order valence-electron chi connectivity index (χ1n) is 11.8. The number of carbonyl (C=O) groups excluding carboxylic acids is 3. The van der Waals surface area contributed by atoms with Gasteiger partial charge in [-0.2, -0.15) is 0 Å². The Kier molecular flexibility index (Phi) is 9.48. The average Bonchev–Trinajstić information content (AvgIpc) is 3.38. The zero-order valence-corrected chi connectivity index (χ0v) is 24.3. The molecule has 1 fully saturated rings. The molecule has 2 unspecified atom stereocenters. The molecule has 0 saturated carbocycles. The number of fused-ring (bicyclic) bond motifs is 1. The van der Waals surface area contributed by atoms with Gasteiger partial charge in [0.05, 0.1) is 0 Å². The second kappa shape index (κ2) is 13.0. The fourth-order valence-corrected chi connectivity index (χ4v) is 6.52. The Morgan fingerprint density at radius 1 is 1.36 bits per heavy atom. The van der Waals surface area contributed by atoms with E-state index < -0.39 is 40.3 Å². The average molecular weight is 638 g/mol. The Labute approximate surface area is 248 Å². The molecule has 0 aliphatic carbocycles. The maximum Gasteiger partial charge on any atom is 0.352 e. The lowest BCUT2D eigenvalue weighted by atomic mass is 10.0. The number of nitrogens with zero attached hydrogens (tertiary/aromatic N) is 5. The van der Waals surface area contributed by atoms with E-state index in [1.807, 2.05) is 0 Å². The monoisotopic (exact) mass is 637 g/mol. The van der Waals surface area contributed by atoms with Crippen LogP contribution in [0.3, 0.4) is 0 Å². The number of allylic oxidation sites excluding steroid dienone is 1. The number of carboxylic acids is 1. The Balaban J connectivity index is 1.50. The first-order chi connectivity index (χ1) is 20.0. The number of oxime groups is 1. The van der Waals surface area contributed by atoms with Crippen molar-refractivity contribution >= 4 is 69.4 Å². The van der Waals surface area contributed by atoms with E-state index in [0.717, 1.165) is 32.6 Å². The summed E-state index contributed by atoms with van der Waals surface area (Å²) in [6, 6.07) is -1.03. The Morgan fingerprint density at radius 2 is 2.12 bits per heavy atom. The summed E-state index contributed by atoms with van der Waals surface area (Å²) in [4.78, 5) is 83.1. The van der Waals surface area contributed by atoms with Crippen molar-refractivity contribution in [3.05, 3.63) is 54.5 Å². The molecule has 17 nitrogen and oxygen atoms in total. The number of nitrogen functional groups attached to an aromatic ring is 1. The van der Waals surface area contributed by atoms with Crippen LogP contribution in [0.1, 0.15) is 12.6 Å². The lowest BCUT2D eigenvalue weighted by Crippen LogP contribution is -2.71. The molecule has 42 heavy (non-hydrogen) atoms. The van der Waals surface area contributed by atoms with E-state index in [1.165, 1.54) is 42.7 Å². The number of amides is 3. The summed E-state index contributed by atoms with van der Waals surface area (Å²) < 4.78 is 1.08. The number of nitrogens with two attached hydrogens (primary N) is 1. The van der Waals surface area contributed by atoms with Crippen molar-refractivity contribution in [3.63, 3.8) is 0 Å². The van der Waals surface area contributed by atoms with Gasteiger partial charge in [-0.3, -0.25) is 33.4 Å². The van der Waals surface area contributed by atoms with Gasteiger partial charge >= 0.3 is 17.1 Å². The minimum Gasteiger partial charge on any atom is -0.477 e. The third kappa shape index (κ3) is 6.39. The topological polar surface area (TPSA) is 244 Å². The summed E-state index contributed by atoms with van der Waals surface area (Å²) in [5.74, 6) is -2.87. The van der Waals surface area contributed by atoms with Crippen LogP contribution in [0.25, 0.3) is 0 Å². The van der Waals surface area contributed by atoms with Gasteiger partial charge in [-0.1, -0.05) is 16.9 Å². The fourth-order valence-electron chi connectivity index (χ4n) is 3.90. The number of hydrogen-bond acceptors (Lipinski definition) is 14. The minimum absolute atomic E-state index is 0.0197. The third-order valence-electron chi connectivity index (χ3n) is 5.72. The minimum atomic E-state index is -1.35. The van der Waals surface area contributed by atoms with Crippen LogP contribution in [0.5, 0.6) is 0 Å². The second-order valence-corrected chi connectivity index (χ2v) is 11.3. The molecule has 6 N–H and O–H groups in total. The molecule has 2 aliphatic rings. The number of carbonyl (C=O) groups is 4. The quantitative estimate of drug-likeness (QED) is 0.0620. The predicted molar refractivity (Wildman–Crippen MR) is 153 cm³/mol. The van der Waals surface area contributed by atoms with E-state index in [0.29, 0.717) is 5.57 Å². The molecule has 2 atom stereocenters. The van der Waals surface area contributed by atoms with Crippen LogP contribution in [0.4, 0.5) is 5.13 Å². The van der Waals surface area contributed by atoms with Crippen LogP contribution < -0.4 is 27.5 Å². The maximum atomic E-state index is 13.0. The highest BCUT2D eigenvalue weighted by molar-refractivity contribution is 8.02. The van der Waals surface area contributed by atoms with Crippen molar-refractivity contribution in [1.29, 1.82) is 0 Å². The first kappa shape index (κ1) is 30.5. The lowest BCUT2D eigenvalue weighted by Gasteiger charge is -2.49. The van der Waals surface area contributed by atoms with E-state index in [-0.39, 0.29) is 52.1 Å². The normalized spacial score (nSPS) is 18.5. The number of β-lactam (4-membered cyclic amide) rings is 1. The molecule has 2 aliphatic heterocycles. The van der Waals surface area contributed by atoms with Crippen molar-refractivity contribution in [2.45, 2.75) is 30.0 Å². The molecule has 2 aromatic heterocycles. The van der Waals surface area contributed by atoms with Crippen LogP contribution in [0.15, 0.2) is 48.0 Å². The smallest absolute Gasteiger partial charge is 0.352 e. The maximum absolute atomic E-state index is 13.0. The number of rotatable bonds is 11. The molecule has 3 amide bonds. The van der Waals surface area contributed by atoms with Gasteiger partial charge in [0.2, 0.25) is 5.91 Å². The molecule has 222 valence electrons. The molecule has 0 radical (unpaired) electrons. The number of thioether (sulfide) groups is 2. The zero-order valence-electron chi connectivity index (χ0n) is 21.9. The molecular formula is C22H23N9O8S3. The summed E-state index contributed by atoms with van der Waals surface area (Å²) in [6.07, 6.45) is 1.46. The standard InChI is InChI=1S/C22H23N9O8S3/c1-9(32)24-4-5-30-18(36)16(34)27-28-22(30)40-6-3-10-7-41-19-13(17(35)31(19)14(10)20(37)38)26-15(33)12(29-39-2)11-8-42-21(23)25-11/h3,6,8,13,19H,4-5,7H2,1-2H3,(H2,23,25)(H,24,32)(H,26,33)(H,27,34)(H,37,38). The van der Waals surface area contributed by atoms with Gasteiger partial charge in [0.25, 0.3) is 11.8 Å². The molecule has 0 spiro atoms. The Hall–Kier alpha value is -4.43. The molecule has 0 bridgehead atoms. The van der Waals surface area contributed by atoms with Gasteiger partial charge in [-0.15, -0.1) is 28.2 Å². The number of aromatic nitrogens is 4. The van der Waals surface area contributed by atoms with E-state index in [4.69, 9.17) is 10.6 Å². The number of aromatic amines is 1. The van der Waals surface area contributed by atoms with Gasteiger partial charge in [0, 0.05) is 31.1 Å². The van der Waals surface area contributed by atoms with Crippen molar-refractivity contribution in [1.82, 2.24) is 35.3 Å². The van der Waals surface area contributed by atoms with Gasteiger partial charge in [0.1, 0.15) is 29.9 Å². The molecular weight excluding hydrogens is 614 g/mol. The third-order valence-corrected chi connectivity index (χ3v) is 8.50. The molecule has 0 aromatic carbocycles. The summed E-state index contributed by atoms with van der Waals surface area (Å²) in [5, 5.41) is 27.2.